The van der Waals surface area contributed by atoms with Crippen molar-refractivity contribution in [2.45, 2.75) is 44.1 Å². The molecule has 0 aliphatic rings. The van der Waals surface area contributed by atoms with Gasteiger partial charge in [0.25, 0.3) is 0 Å². The smallest absolute Gasteiger partial charge is 0.178 e. The molecule has 1 unspecified atom stereocenters. The van der Waals surface area contributed by atoms with Gasteiger partial charge in [-0.1, -0.05) is 24.6 Å². The summed E-state index contributed by atoms with van der Waals surface area (Å²) in [5, 5.41) is 9.81. The van der Waals surface area contributed by atoms with Crippen LogP contribution in [0.5, 0.6) is 0 Å². The summed E-state index contributed by atoms with van der Waals surface area (Å²) in [4.78, 5) is 0.329. The predicted molar refractivity (Wildman–Crippen MR) is 68.8 cm³/mol. The molecular weight excluding hydrogens is 236 g/mol. The molecule has 0 saturated carbocycles. The van der Waals surface area contributed by atoms with E-state index in [0.29, 0.717) is 11.3 Å². The first-order valence-electron chi connectivity index (χ1n) is 5.79. The van der Waals surface area contributed by atoms with E-state index in [1.165, 1.54) is 0 Å². The second-order valence-electron chi connectivity index (χ2n) is 4.73. The van der Waals surface area contributed by atoms with E-state index in [1.807, 2.05) is 13.8 Å². The molecule has 0 aliphatic carbocycles. The Bertz CT molecular complexity index is 458. The molecule has 1 aromatic carbocycles. The van der Waals surface area contributed by atoms with Gasteiger partial charge in [0.2, 0.25) is 0 Å². The zero-order chi connectivity index (χ0) is 13.1. The Labute approximate surface area is 103 Å². The molecule has 17 heavy (non-hydrogen) atoms. The minimum atomic E-state index is -3.28. The molecule has 4 heteroatoms. The molecule has 0 amide bonds. The summed E-state index contributed by atoms with van der Waals surface area (Å²) < 4.78 is 24.0. The van der Waals surface area contributed by atoms with Gasteiger partial charge in [-0.2, -0.15) is 0 Å². The van der Waals surface area contributed by atoms with Crippen molar-refractivity contribution in [1.82, 2.24) is 0 Å². The molecule has 1 aromatic rings. The Morgan fingerprint density at radius 2 is 1.76 bits per heavy atom. The van der Waals surface area contributed by atoms with Crippen LogP contribution in [0, 0.1) is 6.92 Å². The van der Waals surface area contributed by atoms with Crippen molar-refractivity contribution in [3.8, 4) is 0 Å². The fraction of sp³-hybridized carbons (Fsp3) is 0.538. The predicted octanol–water partition coefficient (Wildman–Crippen LogP) is 2.32. The van der Waals surface area contributed by atoms with Crippen LogP contribution in [0.25, 0.3) is 0 Å². The molecule has 0 spiro atoms. The highest BCUT2D eigenvalue weighted by Gasteiger charge is 2.22. The second-order valence-corrected chi connectivity index (χ2v) is 6.84. The minimum Gasteiger partial charge on any atom is -0.390 e. The Balaban J connectivity index is 2.79. The SMILES string of the molecule is CCC(C)(O)CCS(=O)(=O)c1ccc(C)cc1. The zero-order valence-corrected chi connectivity index (χ0v) is 11.4. The van der Waals surface area contributed by atoms with Gasteiger partial charge in [-0.25, -0.2) is 8.42 Å². The van der Waals surface area contributed by atoms with Crippen LogP contribution >= 0.6 is 0 Å². The van der Waals surface area contributed by atoms with E-state index >= 15 is 0 Å². The van der Waals surface area contributed by atoms with Gasteiger partial charge in [0.05, 0.1) is 16.2 Å². The topological polar surface area (TPSA) is 54.4 Å². The fourth-order valence-corrected chi connectivity index (χ4v) is 2.89. The van der Waals surface area contributed by atoms with Crippen molar-refractivity contribution in [2.75, 3.05) is 5.75 Å². The highest BCUT2D eigenvalue weighted by atomic mass is 32.2. The van der Waals surface area contributed by atoms with Crippen molar-refractivity contribution in [2.24, 2.45) is 0 Å². The third kappa shape index (κ3) is 4.13. The van der Waals surface area contributed by atoms with Gasteiger partial charge in [-0.3, -0.25) is 0 Å². The lowest BCUT2D eigenvalue weighted by Crippen LogP contribution is -2.26. The van der Waals surface area contributed by atoms with E-state index in [0.717, 1.165) is 5.56 Å². The number of benzene rings is 1. The summed E-state index contributed by atoms with van der Waals surface area (Å²) in [6, 6.07) is 6.80. The highest BCUT2D eigenvalue weighted by Crippen LogP contribution is 2.19. The van der Waals surface area contributed by atoms with Crippen LogP contribution < -0.4 is 0 Å². The quantitative estimate of drug-likeness (QED) is 0.879. The van der Waals surface area contributed by atoms with Gasteiger partial charge in [0.1, 0.15) is 0 Å². The molecule has 96 valence electrons. The molecule has 1 atom stereocenters. The highest BCUT2D eigenvalue weighted by molar-refractivity contribution is 7.91. The normalized spacial score (nSPS) is 15.5. The molecule has 0 heterocycles. The second kappa shape index (κ2) is 5.19. The fourth-order valence-electron chi connectivity index (χ4n) is 1.39. The van der Waals surface area contributed by atoms with Gasteiger partial charge in [0, 0.05) is 0 Å². The van der Waals surface area contributed by atoms with Crippen LogP contribution in [0.3, 0.4) is 0 Å². The summed E-state index contributed by atoms with van der Waals surface area (Å²) in [7, 11) is -3.28. The molecular formula is C13H20O3S. The number of sulfone groups is 1. The van der Waals surface area contributed by atoms with E-state index in [2.05, 4.69) is 0 Å². The van der Waals surface area contributed by atoms with Crippen molar-refractivity contribution >= 4 is 9.84 Å². The van der Waals surface area contributed by atoms with Crippen molar-refractivity contribution in [3.63, 3.8) is 0 Å². The van der Waals surface area contributed by atoms with Crippen molar-refractivity contribution in [1.29, 1.82) is 0 Å². The summed E-state index contributed by atoms with van der Waals surface area (Å²) in [6.07, 6.45) is 0.816. The first-order chi connectivity index (χ1) is 7.77. The van der Waals surface area contributed by atoms with Crippen molar-refractivity contribution in [3.05, 3.63) is 29.8 Å². The maximum absolute atomic E-state index is 12.0. The Morgan fingerprint density at radius 3 is 2.24 bits per heavy atom. The van der Waals surface area contributed by atoms with Crippen LogP contribution in [-0.4, -0.2) is 24.9 Å². The van der Waals surface area contributed by atoms with Crippen molar-refractivity contribution < 1.29 is 13.5 Å². The third-order valence-corrected chi connectivity index (χ3v) is 4.78. The lowest BCUT2D eigenvalue weighted by atomic mass is 10.0. The number of rotatable bonds is 5. The van der Waals surface area contributed by atoms with E-state index in [1.54, 1.807) is 31.2 Å². The molecule has 0 aliphatic heterocycles. The van der Waals surface area contributed by atoms with E-state index < -0.39 is 15.4 Å². The molecule has 0 bridgehead atoms. The third-order valence-electron chi connectivity index (χ3n) is 3.05. The average molecular weight is 256 g/mol. The van der Waals surface area contributed by atoms with Crippen LogP contribution in [0.2, 0.25) is 0 Å². The van der Waals surface area contributed by atoms with Crippen LogP contribution in [0.1, 0.15) is 32.3 Å². The van der Waals surface area contributed by atoms with Gasteiger partial charge >= 0.3 is 0 Å². The average Bonchev–Trinajstić information content (AvgIpc) is 2.27. The monoisotopic (exact) mass is 256 g/mol. The summed E-state index contributed by atoms with van der Waals surface area (Å²) in [6.45, 7) is 5.43. The largest absolute Gasteiger partial charge is 0.390 e. The number of aryl methyl sites for hydroxylation is 1. The Hall–Kier alpha value is -0.870. The summed E-state index contributed by atoms with van der Waals surface area (Å²) in [5.74, 6) is -0.0170. The van der Waals surface area contributed by atoms with Crippen LogP contribution in [-0.2, 0) is 9.84 Å². The van der Waals surface area contributed by atoms with E-state index in [9.17, 15) is 13.5 Å². The maximum atomic E-state index is 12.0. The maximum Gasteiger partial charge on any atom is 0.178 e. The minimum absolute atomic E-state index is 0.0170. The molecule has 0 aromatic heterocycles. The molecule has 1 N–H and O–H groups in total. The Kier molecular flexibility index (Phi) is 4.33. The molecule has 1 rings (SSSR count). The van der Waals surface area contributed by atoms with Gasteiger partial charge < -0.3 is 5.11 Å². The lowest BCUT2D eigenvalue weighted by Gasteiger charge is -2.20. The van der Waals surface area contributed by atoms with Crippen LogP contribution in [0.15, 0.2) is 29.2 Å². The molecule has 0 saturated heterocycles. The molecule has 0 radical (unpaired) electrons. The summed E-state index contributed by atoms with van der Waals surface area (Å²) >= 11 is 0. The zero-order valence-electron chi connectivity index (χ0n) is 10.6. The van der Waals surface area contributed by atoms with Crippen LogP contribution in [0.4, 0.5) is 0 Å². The van der Waals surface area contributed by atoms with Gasteiger partial charge in [0.15, 0.2) is 9.84 Å². The lowest BCUT2D eigenvalue weighted by molar-refractivity contribution is 0.0528. The first-order valence-corrected chi connectivity index (χ1v) is 7.44. The van der Waals surface area contributed by atoms with Gasteiger partial charge in [-0.15, -0.1) is 0 Å². The Morgan fingerprint density at radius 1 is 1.24 bits per heavy atom. The molecule has 3 nitrogen and oxygen atoms in total. The standard InChI is InChI=1S/C13H20O3S/c1-4-13(3,14)9-10-17(15,16)12-7-5-11(2)6-8-12/h5-8,14H,4,9-10H2,1-3H3. The van der Waals surface area contributed by atoms with E-state index in [4.69, 9.17) is 0 Å². The number of hydrogen-bond donors (Lipinski definition) is 1. The van der Waals surface area contributed by atoms with E-state index in [-0.39, 0.29) is 12.2 Å². The summed E-state index contributed by atoms with van der Waals surface area (Å²) in [5.41, 5.74) is 0.127. The molecule has 0 fully saturated rings. The number of aliphatic hydroxyl groups is 1. The first kappa shape index (κ1) is 14.2. The van der Waals surface area contributed by atoms with Gasteiger partial charge in [-0.05, 0) is 38.8 Å². The number of hydrogen-bond acceptors (Lipinski definition) is 3.